The second kappa shape index (κ2) is 8.13. The summed E-state index contributed by atoms with van der Waals surface area (Å²) in [6, 6.07) is 4.66. The van der Waals surface area contributed by atoms with E-state index in [2.05, 4.69) is 26.2 Å². The van der Waals surface area contributed by atoms with Crippen LogP contribution in [-0.4, -0.2) is 43.1 Å². The molecule has 0 aliphatic heterocycles. The van der Waals surface area contributed by atoms with Crippen LogP contribution in [0.1, 0.15) is 5.82 Å². The lowest BCUT2D eigenvalue weighted by atomic mass is 10.3. The van der Waals surface area contributed by atoms with Crippen LogP contribution in [0.3, 0.4) is 0 Å². The molecule has 136 valence electrons. The summed E-state index contributed by atoms with van der Waals surface area (Å²) in [6.45, 7) is 1.44. The molecular formula is C15H15N5O5S. The predicted molar refractivity (Wildman–Crippen MR) is 91.2 cm³/mol. The third kappa shape index (κ3) is 4.81. The molecule has 0 saturated heterocycles. The zero-order valence-corrected chi connectivity index (χ0v) is 14.7. The molecule has 26 heavy (non-hydrogen) atoms. The highest BCUT2D eigenvalue weighted by molar-refractivity contribution is 7.90. The summed E-state index contributed by atoms with van der Waals surface area (Å²) in [5.41, 5.74) is 0. The first-order chi connectivity index (χ1) is 12.4. The molecule has 0 atom stereocenters. The number of hydrogen-bond donors (Lipinski definition) is 2. The standard InChI is InChI=1S/C15H15N5O5S/c1-4-9-25-11-7-5-6-8-12(11)26(22,23)20-14(21)18-13-16-10(2)17-15(19-13)24-3/h1,5-8H,9H2,2-3H3,(H2,16,17,18,19,20,21). The minimum atomic E-state index is -4.22. The molecule has 0 aliphatic rings. The molecule has 0 spiro atoms. The molecule has 0 unspecified atom stereocenters. The van der Waals surface area contributed by atoms with E-state index in [1.807, 2.05) is 4.72 Å². The number of urea groups is 1. The number of sulfonamides is 1. The van der Waals surface area contributed by atoms with Crippen molar-refractivity contribution >= 4 is 22.0 Å². The topological polar surface area (TPSA) is 132 Å². The van der Waals surface area contributed by atoms with Crippen LogP contribution in [-0.2, 0) is 10.0 Å². The molecule has 2 rings (SSSR count). The maximum Gasteiger partial charge on any atom is 0.335 e. The minimum Gasteiger partial charge on any atom is -0.480 e. The van der Waals surface area contributed by atoms with Crippen LogP contribution >= 0.6 is 0 Å². The molecule has 1 aromatic carbocycles. The number of nitrogens with one attached hydrogen (secondary N) is 2. The summed E-state index contributed by atoms with van der Waals surface area (Å²) in [5.74, 6) is 2.36. The Labute approximate surface area is 150 Å². The number of ether oxygens (including phenoxy) is 2. The number of aromatic nitrogens is 3. The number of carbonyl (C=O) groups is 1. The van der Waals surface area contributed by atoms with Crippen molar-refractivity contribution in [1.29, 1.82) is 0 Å². The van der Waals surface area contributed by atoms with Gasteiger partial charge in [-0.05, 0) is 19.1 Å². The SMILES string of the molecule is C#CCOc1ccccc1S(=O)(=O)NC(=O)Nc1nc(C)nc(OC)n1. The maximum atomic E-state index is 12.4. The Morgan fingerprint density at radius 2 is 2.00 bits per heavy atom. The number of carbonyl (C=O) groups excluding carboxylic acids is 1. The quantitative estimate of drug-likeness (QED) is 0.704. The van der Waals surface area contributed by atoms with Crippen LogP contribution < -0.4 is 19.5 Å². The highest BCUT2D eigenvalue weighted by Gasteiger charge is 2.22. The van der Waals surface area contributed by atoms with Gasteiger partial charge in [0.2, 0.25) is 5.95 Å². The lowest BCUT2D eigenvalue weighted by Gasteiger charge is -2.11. The van der Waals surface area contributed by atoms with Gasteiger partial charge in [0.15, 0.2) is 0 Å². The lowest BCUT2D eigenvalue weighted by Crippen LogP contribution is -2.35. The van der Waals surface area contributed by atoms with E-state index < -0.39 is 16.1 Å². The van der Waals surface area contributed by atoms with E-state index in [4.69, 9.17) is 15.9 Å². The number of methoxy groups -OCH3 is 1. The number of hydrogen-bond acceptors (Lipinski definition) is 8. The van der Waals surface area contributed by atoms with E-state index in [0.717, 1.165) is 0 Å². The number of benzene rings is 1. The summed E-state index contributed by atoms with van der Waals surface area (Å²) in [6.07, 6.45) is 5.10. The van der Waals surface area contributed by atoms with Crippen LogP contribution in [0.15, 0.2) is 29.2 Å². The van der Waals surface area contributed by atoms with Gasteiger partial charge in [-0.1, -0.05) is 18.1 Å². The average molecular weight is 377 g/mol. The maximum absolute atomic E-state index is 12.4. The van der Waals surface area contributed by atoms with E-state index in [0.29, 0.717) is 0 Å². The van der Waals surface area contributed by atoms with E-state index in [1.54, 1.807) is 13.0 Å². The Bertz CT molecular complexity index is 955. The number of amides is 2. The van der Waals surface area contributed by atoms with Crippen molar-refractivity contribution < 1.29 is 22.7 Å². The van der Waals surface area contributed by atoms with Gasteiger partial charge in [-0.15, -0.1) is 6.42 Å². The molecule has 1 aromatic heterocycles. The van der Waals surface area contributed by atoms with Crippen LogP contribution in [0.4, 0.5) is 10.7 Å². The molecule has 0 radical (unpaired) electrons. The van der Waals surface area contributed by atoms with Crippen molar-refractivity contribution in [1.82, 2.24) is 19.7 Å². The van der Waals surface area contributed by atoms with Gasteiger partial charge in [0, 0.05) is 0 Å². The first-order valence-electron chi connectivity index (χ1n) is 7.11. The fourth-order valence-electron chi connectivity index (χ4n) is 1.82. The largest absolute Gasteiger partial charge is 0.480 e. The molecule has 0 bridgehead atoms. The minimum absolute atomic E-state index is 0.0171. The molecule has 11 heteroatoms. The summed E-state index contributed by atoms with van der Waals surface area (Å²) in [5, 5.41) is 2.20. The van der Waals surface area contributed by atoms with E-state index >= 15 is 0 Å². The third-order valence-electron chi connectivity index (χ3n) is 2.81. The molecule has 0 aliphatic carbocycles. The molecule has 0 saturated carbocycles. The zero-order chi connectivity index (χ0) is 19.2. The predicted octanol–water partition coefficient (Wildman–Crippen LogP) is 0.711. The Kier molecular flexibility index (Phi) is 5.92. The van der Waals surface area contributed by atoms with Crippen molar-refractivity contribution in [2.45, 2.75) is 11.8 Å². The van der Waals surface area contributed by atoms with Crippen molar-refractivity contribution in [2.75, 3.05) is 19.0 Å². The molecule has 2 N–H and O–H groups in total. The summed E-state index contributed by atoms with van der Waals surface area (Å²) in [4.78, 5) is 23.3. The lowest BCUT2D eigenvalue weighted by molar-refractivity contribution is 0.256. The monoisotopic (exact) mass is 377 g/mol. The Morgan fingerprint density at radius 1 is 1.27 bits per heavy atom. The number of nitrogens with zero attached hydrogens (tertiary/aromatic N) is 3. The molecule has 2 aromatic rings. The number of terminal acetylenes is 1. The normalized spacial score (nSPS) is 10.5. The summed E-state index contributed by atoms with van der Waals surface area (Å²) in [7, 11) is -2.88. The Balaban J connectivity index is 2.18. The fraction of sp³-hybridized carbons (Fsp3) is 0.200. The first kappa shape index (κ1) is 18.9. The number of anilines is 1. The summed E-state index contributed by atoms with van der Waals surface area (Å²) >= 11 is 0. The van der Waals surface area contributed by atoms with Crippen LogP contribution in [0.2, 0.25) is 0 Å². The van der Waals surface area contributed by atoms with Gasteiger partial charge in [-0.25, -0.2) is 17.9 Å². The number of aryl methyl sites for hydroxylation is 1. The molecular weight excluding hydrogens is 362 g/mol. The van der Waals surface area contributed by atoms with Gasteiger partial charge >= 0.3 is 12.0 Å². The van der Waals surface area contributed by atoms with E-state index in [-0.39, 0.29) is 35.0 Å². The van der Waals surface area contributed by atoms with Crippen molar-refractivity contribution in [3.05, 3.63) is 30.1 Å². The fourth-order valence-corrected chi connectivity index (χ4v) is 2.87. The van der Waals surface area contributed by atoms with Crippen LogP contribution in [0, 0.1) is 19.3 Å². The van der Waals surface area contributed by atoms with Crippen molar-refractivity contribution in [3.8, 4) is 24.1 Å². The van der Waals surface area contributed by atoms with E-state index in [1.165, 1.54) is 25.3 Å². The first-order valence-corrected chi connectivity index (χ1v) is 8.60. The Morgan fingerprint density at radius 3 is 2.69 bits per heavy atom. The van der Waals surface area contributed by atoms with Crippen molar-refractivity contribution in [2.24, 2.45) is 0 Å². The van der Waals surface area contributed by atoms with Gasteiger partial charge in [0.05, 0.1) is 7.11 Å². The number of rotatable bonds is 6. The Hall–Kier alpha value is -3.39. The average Bonchev–Trinajstić information content (AvgIpc) is 2.59. The van der Waals surface area contributed by atoms with Crippen molar-refractivity contribution in [3.63, 3.8) is 0 Å². The highest BCUT2D eigenvalue weighted by atomic mass is 32.2. The van der Waals surface area contributed by atoms with Gasteiger partial charge in [-0.2, -0.15) is 15.0 Å². The van der Waals surface area contributed by atoms with Gasteiger partial charge < -0.3 is 9.47 Å². The van der Waals surface area contributed by atoms with Gasteiger partial charge in [-0.3, -0.25) is 5.32 Å². The zero-order valence-electron chi connectivity index (χ0n) is 13.9. The molecule has 0 fully saturated rings. The van der Waals surface area contributed by atoms with Gasteiger partial charge in [0.1, 0.15) is 23.1 Å². The van der Waals surface area contributed by atoms with Crippen LogP contribution in [0.5, 0.6) is 11.8 Å². The smallest absolute Gasteiger partial charge is 0.335 e. The van der Waals surface area contributed by atoms with Gasteiger partial charge in [0.25, 0.3) is 10.0 Å². The molecule has 1 heterocycles. The summed E-state index contributed by atoms with van der Waals surface area (Å²) < 4.78 is 36.7. The third-order valence-corrected chi connectivity index (χ3v) is 4.18. The second-order valence-electron chi connectivity index (χ2n) is 4.69. The molecule has 10 nitrogen and oxygen atoms in total. The van der Waals surface area contributed by atoms with E-state index in [9.17, 15) is 13.2 Å². The second-order valence-corrected chi connectivity index (χ2v) is 6.34. The van der Waals surface area contributed by atoms with Crippen LogP contribution in [0.25, 0.3) is 0 Å². The highest BCUT2D eigenvalue weighted by Crippen LogP contribution is 2.23. The molecule has 2 amide bonds. The number of para-hydroxylation sites is 1.